The summed E-state index contributed by atoms with van der Waals surface area (Å²) >= 11 is 0. The predicted molar refractivity (Wildman–Crippen MR) is 112 cm³/mol. The third-order valence-electron chi connectivity index (χ3n) is 5.18. The molecule has 3 aromatic rings. The van der Waals surface area contributed by atoms with Crippen molar-refractivity contribution in [3.63, 3.8) is 0 Å². The van der Waals surface area contributed by atoms with Crippen molar-refractivity contribution >= 4 is 10.0 Å². The van der Waals surface area contributed by atoms with Crippen molar-refractivity contribution in [3.05, 3.63) is 60.2 Å². The van der Waals surface area contributed by atoms with Crippen LogP contribution in [0.4, 0.5) is 0 Å². The highest BCUT2D eigenvalue weighted by atomic mass is 32.2. The lowest BCUT2D eigenvalue weighted by molar-refractivity contribution is 0.163. The molecule has 0 spiro atoms. The fourth-order valence-corrected chi connectivity index (χ4v) is 4.94. The van der Waals surface area contributed by atoms with Gasteiger partial charge < -0.3 is 4.52 Å². The molecule has 0 radical (unpaired) electrons. The first-order chi connectivity index (χ1) is 14.6. The van der Waals surface area contributed by atoms with Gasteiger partial charge in [0.15, 0.2) is 0 Å². The molecule has 4 rings (SSSR count). The quantitative estimate of drug-likeness (QED) is 0.572. The number of benzene rings is 1. The number of sulfonamides is 1. The van der Waals surface area contributed by atoms with Crippen molar-refractivity contribution < 1.29 is 12.9 Å². The van der Waals surface area contributed by atoms with E-state index in [-0.39, 0.29) is 0 Å². The normalized spacial score (nSPS) is 16.0. The molecule has 0 amide bonds. The number of aromatic nitrogens is 3. The predicted octanol–water partition coefficient (Wildman–Crippen LogP) is 2.59. The zero-order valence-corrected chi connectivity index (χ0v) is 17.8. The van der Waals surface area contributed by atoms with Crippen molar-refractivity contribution in [2.45, 2.75) is 31.2 Å². The summed E-state index contributed by atoms with van der Waals surface area (Å²) in [6.45, 7) is 4.69. The third-order valence-corrected chi connectivity index (χ3v) is 7.09. The lowest BCUT2D eigenvalue weighted by atomic mass is 10.1. The van der Waals surface area contributed by atoms with E-state index >= 15 is 0 Å². The number of rotatable bonds is 7. The maximum Gasteiger partial charge on any atom is 0.243 e. The Morgan fingerprint density at radius 1 is 1.07 bits per heavy atom. The van der Waals surface area contributed by atoms with Gasteiger partial charge in [0.05, 0.1) is 11.4 Å². The van der Waals surface area contributed by atoms with Crippen molar-refractivity contribution in [2.24, 2.45) is 0 Å². The summed E-state index contributed by atoms with van der Waals surface area (Å²) in [7, 11) is -3.47. The molecule has 1 saturated heterocycles. The van der Waals surface area contributed by atoms with Crippen LogP contribution < -0.4 is 0 Å². The van der Waals surface area contributed by atoms with Crippen LogP contribution in [0.15, 0.2) is 58.2 Å². The van der Waals surface area contributed by atoms with E-state index in [4.69, 9.17) is 4.52 Å². The summed E-state index contributed by atoms with van der Waals surface area (Å²) in [5.74, 6) is 1.02. The van der Waals surface area contributed by atoms with Gasteiger partial charge in [-0.1, -0.05) is 30.6 Å². The van der Waals surface area contributed by atoms with Gasteiger partial charge in [-0.15, -0.1) is 0 Å². The molecule has 2 aromatic heterocycles. The summed E-state index contributed by atoms with van der Waals surface area (Å²) in [4.78, 5) is 11.0. The average Bonchev–Trinajstić information content (AvgIpc) is 3.24. The van der Waals surface area contributed by atoms with Gasteiger partial charge in [0.25, 0.3) is 0 Å². The van der Waals surface area contributed by atoms with Crippen molar-refractivity contribution in [2.75, 3.05) is 26.2 Å². The minimum atomic E-state index is -3.47. The van der Waals surface area contributed by atoms with E-state index in [9.17, 15) is 8.42 Å². The minimum Gasteiger partial charge on any atom is -0.338 e. The zero-order chi connectivity index (χ0) is 21.0. The van der Waals surface area contributed by atoms with Crippen LogP contribution in [0.1, 0.15) is 24.8 Å². The first-order valence-electron chi connectivity index (χ1n) is 10.1. The van der Waals surface area contributed by atoms with Gasteiger partial charge in [-0.3, -0.25) is 9.88 Å². The Balaban J connectivity index is 1.35. The van der Waals surface area contributed by atoms with Crippen LogP contribution in [-0.4, -0.2) is 58.9 Å². The zero-order valence-electron chi connectivity index (χ0n) is 16.9. The van der Waals surface area contributed by atoms with Gasteiger partial charge in [0.1, 0.15) is 0 Å². The molecule has 0 atom stereocenters. The van der Waals surface area contributed by atoms with Crippen molar-refractivity contribution in [1.29, 1.82) is 0 Å². The first-order valence-corrected chi connectivity index (χ1v) is 11.5. The van der Waals surface area contributed by atoms with Crippen LogP contribution in [0.25, 0.3) is 11.4 Å². The molecule has 3 heterocycles. The monoisotopic (exact) mass is 427 g/mol. The first kappa shape index (κ1) is 20.6. The lowest BCUT2D eigenvalue weighted by Crippen LogP contribution is -2.48. The summed E-state index contributed by atoms with van der Waals surface area (Å²) in [6.07, 6.45) is 5.37. The van der Waals surface area contributed by atoms with E-state index in [2.05, 4.69) is 26.9 Å². The SMILES string of the molecule is CCCc1ccc(S(=O)(=O)N2CCN(Cc3nc(-c4cccnc4)no3)CC2)cc1. The number of hydrogen-bond donors (Lipinski definition) is 0. The van der Waals surface area contributed by atoms with E-state index in [0.717, 1.165) is 24.0 Å². The summed E-state index contributed by atoms with van der Waals surface area (Å²) < 4.78 is 32.8. The molecule has 1 fully saturated rings. The molecular weight excluding hydrogens is 402 g/mol. The van der Waals surface area contributed by atoms with Gasteiger partial charge >= 0.3 is 0 Å². The Morgan fingerprint density at radius 3 is 2.50 bits per heavy atom. The van der Waals surface area contributed by atoms with Crippen LogP contribution >= 0.6 is 0 Å². The second-order valence-corrected chi connectivity index (χ2v) is 9.27. The van der Waals surface area contributed by atoms with E-state index in [1.807, 2.05) is 24.3 Å². The highest BCUT2D eigenvalue weighted by Crippen LogP contribution is 2.20. The second-order valence-electron chi connectivity index (χ2n) is 7.33. The number of pyridine rings is 1. The Morgan fingerprint density at radius 2 is 1.83 bits per heavy atom. The number of aryl methyl sites for hydroxylation is 1. The van der Waals surface area contributed by atoms with Crippen LogP contribution in [0.2, 0.25) is 0 Å². The molecule has 0 unspecified atom stereocenters. The molecule has 9 heteroatoms. The van der Waals surface area contributed by atoms with Gasteiger partial charge in [0.2, 0.25) is 21.7 Å². The van der Waals surface area contributed by atoms with Gasteiger partial charge in [-0.05, 0) is 36.2 Å². The van der Waals surface area contributed by atoms with E-state index < -0.39 is 10.0 Å². The van der Waals surface area contributed by atoms with E-state index in [0.29, 0.717) is 49.3 Å². The van der Waals surface area contributed by atoms with Crippen LogP contribution in [0.5, 0.6) is 0 Å². The second kappa shape index (κ2) is 9.03. The van der Waals surface area contributed by atoms with Crippen LogP contribution in [0, 0.1) is 0 Å². The summed E-state index contributed by atoms with van der Waals surface area (Å²) in [5, 5.41) is 4.01. The maximum absolute atomic E-state index is 12.9. The van der Waals surface area contributed by atoms with Gasteiger partial charge in [0, 0.05) is 44.1 Å². The van der Waals surface area contributed by atoms with Crippen molar-refractivity contribution in [1.82, 2.24) is 24.3 Å². The smallest absolute Gasteiger partial charge is 0.243 e. The number of hydrogen-bond acceptors (Lipinski definition) is 7. The highest BCUT2D eigenvalue weighted by Gasteiger charge is 2.29. The van der Waals surface area contributed by atoms with Gasteiger partial charge in [-0.2, -0.15) is 9.29 Å². The topological polar surface area (TPSA) is 92.4 Å². The Labute approximate surface area is 176 Å². The molecule has 158 valence electrons. The minimum absolute atomic E-state index is 0.355. The number of piperazine rings is 1. The highest BCUT2D eigenvalue weighted by molar-refractivity contribution is 7.89. The van der Waals surface area contributed by atoms with Crippen LogP contribution in [0.3, 0.4) is 0 Å². The largest absolute Gasteiger partial charge is 0.338 e. The molecule has 1 aliphatic rings. The molecule has 0 saturated carbocycles. The molecule has 1 aliphatic heterocycles. The molecule has 30 heavy (non-hydrogen) atoms. The molecule has 0 bridgehead atoms. The molecular formula is C21H25N5O3S. The fourth-order valence-electron chi connectivity index (χ4n) is 3.52. The van der Waals surface area contributed by atoms with Crippen LogP contribution in [-0.2, 0) is 23.0 Å². The Bertz CT molecular complexity index is 1060. The van der Waals surface area contributed by atoms with Gasteiger partial charge in [-0.25, -0.2) is 8.42 Å². The summed E-state index contributed by atoms with van der Waals surface area (Å²) in [5.41, 5.74) is 1.96. The third kappa shape index (κ3) is 4.58. The fraction of sp³-hybridized carbons (Fsp3) is 0.381. The molecule has 0 N–H and O–H groups in total. The van der Waals surface area contributed by atoms with E-state index in [1.165, 1.54) is 0 Å². The average molecular weight is 428 g/mol. The Hall–Kier alpha value is -2.62. The maximum atomic E-state index is 12.9. The number of nitrogens with zero attached hydrogens (tertiary/aromatic N) is 5. The lowest BCUT2D eigenvalue weighted by Gasteiger charge is -2.33. The summed E-state index contributed by atoms with van der Waals surface area (Å²) in [6, 6.07) is 10.9. The standard InChI is InChI=1S/C21H25N5O3S/c1-2-4-17-6-8-19(9-7-17)30(27,28)26-13-11-25(12-14-26)16-20-23-21(24-29-20)18-5-3-10-22-15-18/h3,5-10,15H,2,4,11-14,16H2,1H3. The molecule has 8 nitrogen and oxygen atoms in total. The Kier molecular flexibility index (Phi) is 6.21. The molecule has 0 aliphatic carbocycles. The van der Waals surface area contributed by atoms with E-state index in [1.54, 1.807) is 28.8 Å². The van der Waals surface area contributed by atoms with Crippen molar-refractivity contribution in [3.8, 4) is 11.4 Å². The molecule has 1 aromatic carbocycles.